The molecule has 0 bridgehead atoms. The minimum absolute atomic E-state index is 0.206. The van der Waals surface area contributed by atoms with E-state index in [0.717, 1.165) is 0 Å². The van der Waals surface area contributed by atoms with Crippen LogP contribution in [0.4, 0.5) is 0 Å². The molecular weight excluding hydrogens is 273 g/mol. The minimum atomic E-state index is -4.91. The van der Waals surface area contributed by atoms with Crippen LogP contribution < -0.4 is 0 Å². The topological polar surface area (TPSA) is 115 Å². The molecule has 1 aromatic rings. The summed E-state index contributed by atoms with van der Waals surface area (Å²) in [6.07, 6.45) is -1.01. The van der Waals surface area contributed by atoms with Gasteiger partial charge in [-0.25, -0.2) is 0 Å². The SMILES string of the molecule is O=C1CC(Cc2ccccc2)(P(=O)(O)O)C(=O)N1O. The first-order chi connectivity index (χ1) is 8.78. The zero-order valence-electron chi connectivity index (χ0n) is 9.76. The molecule has 1 aliphatic rings. The van der Waals surface area contributed by atoms with Crippen LogP contribution in [0.15, 0.2) is 30.3 Å². The first-order valence-corrected chi connectivity index (χ1v) is 7.05. The first-order valence-electron chi connectivity index (χ1n) is 5.44. The van der Waals surface area contributed by atoms with Gasteiger partial charge in [0.15, 0.2) is 5.16 Å². The quantitative estimate of drug-likeness (QED) is 0.418. The Hall–Kier alpha value is -1.53. The monoisotopic (exact) mass is 285 g/mol. The van der Waals surface area contributed by atoms with E-state index in [9.17, 15) is 29.1 Å². The van der Waals surface area contributed by atoms with Crippen molar-refractivity contribution in [3.05, 3.63) is 35.9 Å². The number of nitrogens with zero attached hydrogens (tertiary/aromatic N) is 1. The maximum absolute atomic E-state index is 11.9. The van der Waals surface area contributed by atoms with Crippen molar-refractivity contribution in [2.24, 2.45) is 0 Å². The summed E-state index contributed by atoms with van der Waals surface area (Å²) in [5.74, 6) is -2.26. The predicted octanol–water partition coefficient (Wildman–Crippen LogP) is 0.294. The molecule has 0 spiro atoms. The first kappa shape index (κ1) is 13.9. The minimum Gasteiger partial charge on any atom is -0.324 e. The van der Waals surface area contributed by atoms with E-state index in [1.165, 1.54) is 0 Å². The van der Waals surface area contributed by atoms with Gasteiger partial charge in [-0.2, -0.15) is 5.06 Å². The fraction of sp³-hybridized carbons (Fsp3) is 0.273. The summed E-state index contributed by atoms with van der Waals surface area (Å²) in [7, 11) is -4.91. The van der Waals surface area contributed by atoms with E-state index in [-0.39, 0.29) is 11.5 Å². The van der Waals surface area contributed by atoms with Crippen molar-refractivity contribution in [1.29, 1.82) is 0 Å². The number of hydrogen-bond acceptors (Lipinski definition) is 4. The number of carbonyl (C=O) groups excluding carboxylic acids is 2. The molecule has 0 saturated carbocycles. The van der Waals surface area contributed by atoms with Gasteiger partial charge in [-0.15, -0.1) is 0 Å². The summed E-state index contributed by atoms with van der Waals surface area (Å²) >= 11 is 0. The van der Waals surface area contributed by atoms with E-state index in [1.807, 2.05) is 0 Å². The molecule has 1 aromatic carbocycles. The standard InChI is InChI=1S/C11H12NO6P/c13-9-7-11(19(16,17)18,10(14)12(9)15)6-8-4-2-1-3-5-8/h1-5,15H,6-7H2,(H2,16,17,18). The number of amides is 2. The van der Waals surface area contributed by atoms with Crippen LogP contribution in [0, 0.1) is 0 Å². The van der Waals surface area contributed by atoms with E-state index >= 15 is 0 Å². The van der Waals surface area contributed by atoms with Crippen LogP contribution in [0.2, 0.25) is 0 Å². The molecule has 1 saturated heterocycles. The van der Waals surface area contributed by atoms with Crippen LogP contribution in [-0.2, 0) is 20.6 Å². The van der Waals surface area contributed by atoms with Gasteiger partial charge in [0, 0.05) is 0 Å². The number of imide groups is 1. The Morgan fingerprint density at radius 2 is 1.79 bits per heavy atom. The van der Waals surface area contributed by atoms with Gasteiger partial charge >= 0.3 is 7.60 Å². The highest BCUT2D eigenvalue weighted by Gasteiger charge is 2.62. The van der Waals surface area contributed by atoms with Gasteiger partial charge in [0.25, 0.3) is 11.8 Å². The molecule has 0 radical (unpaired) electrons. The Balaban J connectivity index is 2.47. The Bertz CT molecular complexity index is 568. The normalized spacial score (nSPS) is 24.1. The Morgan fingerprint density at radius 1 is 1.21 bits per heavy atom. The second-order valence-corrected chi connectivity index (χ2v) is 6.37. The summed E-state index contributed by atoms with van der Waals surface area (Å²) in [6, 6.07) is 8.21. The highest BCUT2D eigenvalue weighted by atomic mass is 31.2. The molecule has 102 valence electrons. The predicted molar refractivity (Wildman–Crippen MR) is 63.2 cm³/mol. The van der Waals surface area contributed by atoms with Crippen LogP contribution in [-0.4, -0.2) is 37.0 Å². The number of hydrogen-bond donors (Lipinski definition) is 3. The maximum atomic E-state index is 11.9. The lowest BCUT2D eigenvalue weighted by molar-refractivity contribution is -0.171. The van der Waals surface area contributed by atoms with Gasteiger partial charge in [0.05, 0.1) is 6.42 Å². The van der Waals surface area contributed by atoms with Crippen molar-refractivity contribution in [2.75, 3.05) is 0 Å². The van der Waals surface area contributed by atoms with E-state index in [2.05, 4.69) is 0 Å². The van der Waals surface area contributed by atoms with Crippen molar-refractivity contribution in [1.82, 2.24) is 5.06 Å². The number of hydroxylamine groups is 2. The molecule has 0 aliphatic carbocycles. The summed E-state index contributed by atoms with van der Waals surface area (Å²) in [6.45, 7) is 0. The van der Waals surface area contributed by atoms with Crippen LogP contribution in [0.5, 0.6) is 0 Å². The second-order valence-electron chi connectivity index (χ2n) is 4.43. The largest absolute Gasteiger partial charge is 0.342 e. The lowest BCUT2D eigenvalue weighted by atomic mass is 9.97. The van der Waals surface area contributed by atoms with Crippen molar-refractivity contribution < 1.29 is 29.1 Å². The number of benzene rings is 1. The number of rotatable bonds is 3. The molecular formula is C11H12NO6P. The van der Waals surface area contributed by atoms with E-state index in [4.69, 9.17) is 0 Å². The highest BCUT2D eigenvalue weighted by molar-refractivity contribution is 7.55. The van der Waals surface area contributed by atoms with Gasteiger partial charge < -0.3 is 9.79 Å². The molecule has 8 heteroatoms. The van der Waals surface area contributed by atoms with E-state index in [1.54, 1.807) is 30.3 Å². The van der Waals surface area contributed by atoms with E-state index < -0.39 is 31.0 Å². The molecule has 3 N–H and O–H groups in total. The summed E-state index contributed by atoms with van der Waals surface area (Å²) < 4.78 is 11.6. The van der Waals surface area contributed by atoms with E-state index in [0.29, 0.717) is 5.56 Å². The third-order valence-corrected chi connectivity index (χ3v) is 4.79. The van der Waals surface area contributed by atoms with Crippen LogP contribution in [0.25, 0.3) is 0 Å². The average molecular weight is 285 g/mol. The lowest BCUT2D eigenvalue weighted by Gasteiger charge is -2.26. The zero-order valence-corrected chi connectivity index (χ0v) is 10.7. The second kappa shape index (κ2) is 4.54. The fourth-order valence-electron chi connectivity index (χ4n) is 2.11. The van der Waals surface area contributed by atoms with Gasteiger partial charge in [-0.1, -0.05) is 30.3 Å². The average Bonchev–Trinajstić information content (AvgIpc) is 2.56. The molecule has 19 heavy (non-hydrogen) atoms. The third kappa shape index (κ3) is 2.21. The Kier molecular flexibility index (Phi) is 3.32. The fourth-order valence-corrected chi connectivity index (χ4v) is 3.19. The van der Waals surface area contributed by atoms with Crippen molar-refractivity contribution >= 4 is 19.4 Å². The van der Waals surface area contributed by atoms with Crippen molar-refractivity contribution in [2.45, 2.75) is 18.0 Å². The van der Waals surface area contributed by atoms with Crippen LogP contribution in [0.1, 0.15) is 12.0 Å². The van der Waals surface area contributed by atoms with Gasteiger partial charge in [0.2, 0.25) is 0 Å². The van der Waals surface area contributed by atoms with Crippen molar-refractivity contribution in [3.63, 3.8) is 0 Å². The zero-order chi connectivity index (χ0) is 14.3. The Morgan fingerprint density at radius 3 is 2.21 bits per heavy atom. The van der Waals surface area contributed by atoms with Crippen LogP contribution >= 0.6 is 7.60 Å². The smallest absolute Gasteiger partial charge is 0.324 e. The molecule has 2 amide bonds. The summed E-state index contributed by atoms with van der Waals surface area (Å²) in [5.41, 5.74) is 0.502. The molecule has 7 nitrogen and oxygen atoms in total. The van der Waals surface area contributed by atoms with Gasteiger partial charge in [0.1, 0.15) is 0 Å². The summed E-state index contributed by atoms with van der Waals surface area (Å²) in [5, 5.41) is 6.82. The Labute approximate surface area is 108 Å². The molecule has 1 atom stereocenters. The third-order valence-electron chi connectivity index (χ3n) is 3.17. The maximum Gasteiger partial charge on any atom is 0.342 e. The summed E-state index contributed by atoms with van der Waals surface area (Å²) in [4.78, 5) is 42.1. The molecule has 0 aromatic heterocycles. The van der Waals surface area contributed by atoms with Gasteiger partial charge in [-0.3, -0.25) is 19.4 Å². The molecule has 1 unspecified atom stereocenters. The highest BCUT2D eigenvalue weighted by Crippen LogP contribution is 2.57. The van der Waals surface area contributed by atoms with Gasteiger partial charge in [-0.05, 0) is 12.0 Å². The number of carbonyl (C=O) groups is 2. The van der Waals surface area contributed by atoms with Crippen molar-refractivity contribution in [3.8, 4) is 0 Å². The molecule has 2 rings (SSSR count). The molecule has 1 heterocycles. The van der Waals surface area contributed by atoms with Crippen LogP contribution in [0.3, 0.4) is 0 Å². The molecule has 1 aliphatic heterocycles. The lowest BCUT2D eigenvalue weighted by Crippen LogP contribution is -2.40. The molecule has 1 fully saturated rings.